The van der Waals surface area contributed by atoms with Gasteiger partial charge in [-0.15, -0.1) is 0 Å². The number of alkyl halides is 3. The van der Waals surface area contributed by atoms with Gasteiger partial charge in [-0.1, -0.05) is 42.8 Å². The lowest BCUT2D eigenvalue weighted by Crippen LogP contribution is -2.17. The summed E-state index contributed by atoms with van der Waals surface area (Å²) in [6, 6.07) is 11.1. The van der Waals surface area contributed by atoms with Crippen LogP contribution in [0.2, 0.25) is 5.02 Å². The topological polar surface area (TPSA) is 29.1 Å². The number of nitrogens with one attached hydrogen (secondary N) is 1. The summed E-state index contributed by atoms with van der Waals surface area (Å²) in [6.45, 7) is 2.05. The Kier molecular flexibility index (Phi) is 5.89. The second-order valence-electron chi connectivity index (χ2n) is 5.41. The molecule has 0 heterocycles. The van der Waals surface area contributed by atoms with Crippen LogP contribution in [0.5, 0.6) is 0 Å². The number of rotatable bonds is 5. The maximum absolute atomic E-state index is 13.0. The highest BCUT2D eigenvalue weighted by Gasteiger charge is 2.34. The van der Waals surface area contributed by atoms with Crippen LogP contribution in [-0.2, 0) is 23.8 Å². The Hall–Kier alpha value is -2.01. The molecule has 24 heavy (non-hydrogen) atoms. The maximum atomic E-state index is 13.0. The van der Waals surface area contributed by atoms with Gasteiger partial charge in [-0.05, 0) is 42.2 Å². The van der Waals surface area contributed by atoms with E-state index < -0.39 is 17.6 Å². The van der Waals surface area contributed by atoms with E-state index in [0.29, 0.717) is 6.42 Å². The fraction of sp³-hybridized carbons (Fsp3) is 0.278. The lowest BCUT2D eigenvalue weighted by atomic mass is 10.1. The first-order valence-electron chi connectivity index (χ1n) is 7.54. The van der Waals surface area contributed by atoms with Crippen molar-refractivity contribution >= 4 is 23.2 Å². The molecule has 0 radical (unpaired) electrons. The molecule has 0 aliphatic rings. The van der Waals surface area contributed by atoms with Crippen LogP contribution >= 0.6 is 11.6 Å². The normalized spacial score (nSPS) is 11.4. The number of anilines is 1. The summed E-state index contributed by atoms with van der Waals surface area (Å²) in [5.74, 6) is -0.470. The number of amides is 1. The molecule has 0 unspecified atom stereocenters. The van der Waals surface area contributed by atoms with Gasteiger partial charge in [-0.25, -0.2) is 0 Å². The van der Waals surface area contributed by atoms with Crippen LogP contribution in [0.4, 0.5) is 18.9 Å². The van der Waals surface area contributed by atoms with Crippen LogP contribution < -0.4 is 5.32 Å². The maximum Gasteiger partial charge on any atom is 0.418 e. The Labute approximate surface area is 143 Å². The standard InChI is InChI=1S/C18H17ClF3NO/c1-2-12-3-5-13(6-4-12)7-10-17(24)23-16-9-8-14(19)11-15(16)18(20,21)22/h3-6,8-9,11H,2,7,10H2,1H3,(H,23,24). The van der Waals surface area contributed by atoms with E-state index in [0.717, 1.165) is 18.1 Å². The lowest BCUT2D eigenvalue weighted by molar-refractivity contribution is -0.137. The number of aryl methyl sites for hydroxylation is 2. The predicted octanol–water partition coefficient (Wildman–Crippen LogP) is 5.49. The zero-order valence-electron chi connectivity index (χ0n) is 13.1. The van der Waals surface area contributed by atoms with Gasteiger partial charge in [0.05, 0.1) is 11.3 Å². The molecule has 0 aromatic heterocycles. The zero-order chi connectivity index (χ0) is 17.7. The highest BCUT2D eigenvalue weighted by Crippen LogP contribution is 2.36. The van der Waals surface area contributed by atoms with Gasteiger partial charge in [0, 0.05) is 11.4 Å². The van der Waals surface area contributed by atoms with Crippen LogP contribution in [0.1, 0.15) is 30.0 Å². The number of carbonyl (C=O) groups is 1. The van der Waals surface area contributed by atoms with Gasteiger partial charge in [0.25, 0.3) is 0 Å². The summed E-state index contributed by atoms with van der Waals surface area (Å²) < 4.78 is 39.0. The van der Waals surface area contributed by atoms with Crippen LogP contribution in [0.3, 0.4) is 0 Å². The SMILES string of the molecule is CCc1ccc(CCC(=O)Nc2ccc(Cl)cc2C(F)(F)F)cc1. The van der Waals surface area contributed by atoms with Crippen LogP contribution in [0.25, 0.3) is 0 Å². The second-order valence-corrected chi connectivity index (χ2v) is 5.84. The first-order chi connectivity index (χ1) is 11.3. The van der Waals surface area contributed by atoms with Crippen LogP contribution in [0, 0.1) is 0 Å². The largest absolute Gasteiger partial charge is 0.418 e. The lowest BCUT2D eigenvalue weighted by Gasteiger charge is -2.14. The van der Waals surface area contributed by atoms with Gasteiger partial charge in [0.1, 0.15) is 0 Å². The van der Waals surface area contributed by atoms with Crippen molar-refractivity contribution in [3.05, 3.63) is 64.2 Å². The average molecular weight is 356 g/mol. The molecule has 1 N–H and O–H groups in total. The van der Waals surface area contributed by atoms with Gasteiger partial charge in [-0.2, -0.15) is 13.2 Å². The van der Waals surface area contributed by atoms with Crippen molar-refractivity contribution in [3.63, 3.8) is 0 Å². The fourth-order valence-electron chi connectivity index (χ4n) is 2.27. The molecule has 2 rings (SSSR count). The van der Waals surface area contributed by atoms with Gasteiger partial charge in [0.2, 0.25) is 5.91 Å². The summed E-state index contributed by atoms with van der Waals surface area (Å²) in [7, 11) is 0. The first kappa shape index (κ1) is 18.3. The van der Waals surface area contributed by atoms with Crippen molar-refractivity contribution in [1.82, 2.24) is 0 Å². The molecule has 6 heteroatoms. The summed E-state index contributed by atoms with van der Waals surface area (Å²) in [5, 5.41) is 2.29. The van der Waals surface area contributed by atoms with Crippen LogP contribution in [0.15, 0.2) is 42.5 Å². The summed E-state index contributed by atoms with van der Waals surface area (Å²) >= 11 is 5.61. The van der Waals surface area contributed by atoms with Crippen molar-refractivity contribution in [2.75, 3.05) is 5.32 Å². The van der Waals surface area contributed by atoms with Crippen molar-refractivity contribution in [2.45, 2.75) is 32.4 Å². The summed E-state index contributed by atoms with van der Waals surface area (Å²) in [5.41, 5.74) is 0.933. The average Bonchev–Trinajstić information content (AvgIpc) is 2.54. The van der Waals surface area contributed by atoms with E-state index in [1.54, 1.807) is 0 Å². The molecule has 0 bridgehead atoms. The van der Waals surface area contributed by atoms with Crippen LogP contribution in [-0.4, -0.2) is 5.91 Å². The fourth-order valence-corrected chi connectivity index (χ4v) is 2.44. The highest BCUT2D eigenvalue weighted by molar-refractivity contribution is 6.30. The zero-order valence-corrected chi connectivity index (χ0v) is 13.8. The van der Waals surface area contributed by atoms with Gasteiger partial charge < -0.3 is 5.32 Å². The van der Waals surface area contributed by atoms with Crippen molar-refractivity contribution in [3.8, 4) is 0 Å². The molecule has 0 aliphatic heterocycles. The second kappa shape index (κ2) is 7.71. The Morgan fingerprint density at radius 2 is 1.71 bits per heavy atom. The predicted molar refractivity (Wildman–Crippen MR) is 89.2 cm³/mol. The van der Waals surface area contributed by atoms with E-state index in [2.05, 4.69) is 5.32 Å². The number of hydrogen-bond acceptors (Lipinski definition) is 1. The van der Waals surface area contributed by atoms with Crippen molar-refractivity contribution in [2.24, 2.45) is 0 Å². The Balaban J connectivity index is 2.02. The molecule has 1 amide bonds. The summed E-state index contributed by atoms with van der Waals surface area (Å²) in [4.78, 5) is 12.0. The molecule has 0 atom stereocenters. The molecule has 0 spiro atoms. The molecular formula is C18H17ClF3NO. The minimum Gasteiger partial charge on any atom is -0.325 e. The minimum atomic E-state index is -4.58. The van der Waals surface area contributed by atoms with E-state index in [9.17, 15) is 18.0 Å². The minimum absolute atomic E-state index is 0.0312. The number of benzene rings is 2. The molecule has 2 aromatic rings. The Morgan fingerprint density at radius 1 is 1.08 bits per heavy atom. The third-order valence-electron chi connectivity index (χ3n) is 3.63. The number of halogens is 4. The third kappa shape index (κ3) is 4.99. The Morgan fingerprint density at radius 3 is 2.29 bits per heavy atom. The van der Waals surface area contributed by atoms with E-state index in [4.69, 9.17) is 11.6 Å². The first-order valence-corrected chi connectivity index (χ1v) is 7.92. The molecule has 0 saturated carbocycles. The van der Waals surface area contributed by atoms with Crippen molar-refractivity contribution in [1.29, 1.82) is 0 Å². The molecule has 0 saturated heterocycles. The van der Waals surface area contributed by atoms with E-state index in [-0.39, 0.29) is 17.1 Å². The third-order valence-corrected chi connectivity index (χ3v) is 3.87. The quantitative estimate of drug-likeness (QED) is 0.754. The molecule has 2 nitrogen and oxygen atoms in total. The van der Waals surface area contributed by atoms with E-state index in [1.807, 2.05) is 31.2 Å². The van der Waals surface area contributed by atoms with E-state index in [1.165, 1.54) is 17.7 Å². The number of hydrogen-bond donors (Lipinski definition) is 1. The Bertz CT molecular complexity index is 711. The van der Waals surface area contributed by atoms with E-state index >= 15 is 0 Å². The molecule has 0 fully saturated rings. The van der Waals surface area contributed by atoms with Crippen molar-refractivity contribution < 1.29 is 18.0 Å². The van der Waals surface area contributed by atoms with Gasteiger partial charge in [0.15, 0.2) is 0 Å². The monoisotopic (exact) mass is 355 g/mol. The molecule has 2 aromatic carbocycles. The molecule has 128 valence electrons. The van der Waals surface area contributed by atoms with Gasteiger partial charge >= 0.3 is 6.18 Å². The van der Waals surface area contributed by atoms with Gasteiger partial charge in [-0.3, -0.25) is 4.79 Å². The summed E-state index contributed by atoms with van der Waals surface area (Å²) in [6.07, 6.45) is -3.09. The smallest absolute Gasteiger partial charge is 0.325 e. The highest BCUT2D eigenvalue weighted by atomic mass is 35.5. The molecular weight excluding hydrogens is 339 g/mol. The molecule has 0 aliphatic carbocycles. The number of carbonyl (C=O) groups excluding carboxylic acids is 1.